The third-order valence-corrected chi connectivity index (χ3v) is 4.95. The number of fused-ring (bicyclic) bond motifs is 1. The number of H-pyrrole nitrogens is 1. The standard InChI is InChI=1S/C16H20N4O/c1-19-9-12(6-18-19)13-7-17-8-14(13)16(21)20-10-11-4-2-3-5-15(11)20/h6-9,11,15,17H,2-5,10H2,1H3/t11-,15-/m0/s1. The maximum atomic E-state index is 12.8. The molecule has 2 atom stereocenters. The van der Waals surface area contributed by atoms with Gasteiger partial charge in [0.1, 0.15) is 0 Å². The molecule has 1 saturated heterocycles. The van der Waals surface area contributed by atoms with Crippen molar-refractivity contribution in [1.82, 2.24) is 19.7 Å². The SMILES string of the molecule is Cn1cc(-c2c[nH]cc2C(=O)N2C[C@@H]3CCCC[C@@H]32)cn1. The molecule has 21 heavy (non-hydrogen) atoms. The number of amides is 1. The minimum atomic E-state index is 0.165. The van der Waals surface area contributed by atoms with Crippen molar-refractivity contribution in [3.63, 3.8) is 0 Å². The molecule has 2 aromatic heterocycles. The second-order valence-electron chi connectivity index (χ2n) is 6.25. The Morgan fingerprint density at radius 2 is 2.19 bits per heavy atom. The van der Waals surface area contributed by atoms with Crippen LogP contribution in [0, 0.1) is 5.92 Å². The molecule has 1 aliphatic heterocycles. The third kappa shape index (κ3) is 1.99. The van der Waals surface area contributed by atoms with E-state index in [0.29, 0.717) is 6.04 Å². The Kier molecular flexibility index (Phi) is 2.87. The third-order valence-electron chi connectivity index (χ3n) is 4.95. The van der Waals surface area contributed by atoms with Crippen LogP contribution in [-0.2, 0) is 7.05 Å². The van der Waals surface area contributed by atoms with Crippen LogP contribution in [0.15, 0.2) is 24.8 Å². The van der Waals surface area contributed by atoms with Crippen molar-refractivity contribution in [2.45, 2.75) is 31.7 Å². The van der Waals surface area contributed by atoms with Gasteiger partial charge < -0.3 is 9.88 Å². The Bertz CT molecular complexity index is 671. The summed E-state index contributed by atoms with van der Waals surface area (Å²) in [5.41, 5.74) is 2.71. The zero-order valence-corrected chi connectivity index (χ0v) is 12.2. The van der Waals surface area contributed by atoms with Crippen LogP contribution >= 0.6 is 0 Å². The Balaban J connectivity index is 1.60. The quantitative estimate of drug-likeness (QED) is 0.921. The molecule has 1 N–H and O–H groups in total. The van der Waals surface area contributed by atoms with Gasteiger partial charge in [0.15, 0.2) is 0 Å². The monoisotopic (exact) mass is 284 g/mol. The minimum absolute atomic E-state index is 0.165. The van der Waals surface area contributed by atoms with E-state index in [-0.39, 0.29) is 5.91 Å². The van der Waals surface area contributed by atoms with Gasteiger partial charge in [0.2, 0.25) is 0 Å². The number of aryl methyl sites for hydroxylation is 1. The summed E-state index contributed by atoms with van der Waals surface area (Å²) in [5.74, 6) is 0.904. The predicted octanol–water partition coefficient (Wildman–Crippen LogP) is 2.43. The van der Waals surface area contributed by atoms with Crippen molar-refractivity contribution in [3.05, 3.63) is 30.4 Å². The summed E-state index contributed by atoms with van der Waals surface area (Å²) in [6, 6.07) is 0.475. The van der Waals surface area contributed by atoms with Crippen LogP contribution in [-0.4, -0.2) is 38.2 Å². The van der Waals surface area contributed by atoms with E-state index in [1.54, 1.807) is 10.9 Å². The van der Waals surface area contributed by atoms with Crippen molar-refractivity contribution in [2.24, 2.45) is 13.0 Å². The van der Waals surface area contributed by atoms with Crippen molar-refractivity contribution in [3.8, 4) is 11.1 Å². The van der Waals surface area contributed by atoms with E-state index in [9.17, 15) is 4.79 Å². The van der Waals surface area contributed by atoms with Gasteiger partial charge in [0.05, 0.1) is 11.8 Å². The summed E-state index contributed by atoms with van der Waals surface area (Å²) in [4.78, 5) is 18.0. The van der Waals surface area contributed by atoms with Gasteiger partial charge in [-0.15, -0.1) is 0 Å². The van der Waals surface area contributed by atoms with Gasteiger partial charge in [-0.05, 0) is 18.8 Å². The van der Waals surface area contributed by atoms with Gasteiger partial charge in [0.25, 0.3) is 5.91 Å². The average molecular weight is 284 g/mol. The molecule has 4 rings (SSSR count). The maximum absolute atomic E-state index is 12.8. The molecule has 0 bridgehead atoms. The number of carbonyl (C=O) groups excluding carboxylic acids is 1. The molecule has 1 amide bonds. The molecule has 2 aliphatic rings. The number of hydrogen-bond donors (Lipinski definition) is 1. The summed E-state index contributed by atoms with van der Waals surface area (Å²) in [7, 11) is 1.89. The number of aromatic nitrogens is 3. The molecule has 0 aromatic carbocycles. The van der Waals surface area contributed by atoms with Gasteiger partial charge in [0, 0.05) is 49.4 Å². The first-order valence-corrected chi connectivity index (χ1v) is 7.71. The highest BCUT2D eigenvalue weighted by molar-refractivity contribution is 6.01. The molecule has 5 heteroatoms. The van der Waals surface area contributed by atoms with Crippen LogP contribution in [0.4, 0.5) is 0 Å². The number of aromatic amines is 1. The van der Waals surface area contributed by atoms with E-state index in [2.05, 4.69) is 15.0 Å². The Hall–Kier alpha value is -2.04. The smallest absolute Gasteiger partial charge is 0.256 e. The number of likely N-dealkylation sites (tertiary alicyclic amines) is 1. The predicted molar refractivity (Wildman–Crippen MR) is 79.8 cm³/mol. The highest BCUT2D eigenvalue weighted by Gasteiger charge is 2.43. The lowest BCUT2D eigenvalue weighted by atomic mass is 9.76. The lowest BCUT2D eigenvalue weighted by molar-refractivity contribution is -0.00356. The molecular weight excluding hydrogens is 264 g/mol. The van der Waals surface area contributed by atoms with Crippen molar-refractivity contribution >= 4 is 5.91 Å². The van der Waals surface area contributed by atoms with E-state index in [1.165, 1.54) is 25.7 Å². The Morgan fingerprint density at radius 1 is 1.33 bits per heavy atom. The molecule has 2 aromatic rings. The van der Waals surface area contributed by atoms with Crippen LogP contribution < -0.4 is 0 Å². The molecular formula is C16H20N4O. The number of carbonyl (C=O) groups is 1. The van der Waals surface area contributed by atoms with Crippen molar-refractivity contribution < 1.29 is 4.79 Å². The largest absolute Gasteiger partial charge is 0.366 e. The molecule has 1 saturated carbocycles. The van der Waals surface area contributed by atoms with Crippen LogP contribution in [0.5, 0.6) is 0 Å². The van der Waals surface area contributed by atoms with E-state index in [4.69, 9.17) is 0 Å². The van der Waals surface area contributed by atoms with Crippen LogP contribution in [0.1, 0.15) is 36.0 Å². The van der Waals surface area contributed by atoms with E-state index in [0.717, 1.165) is 29.2 Å². The number of rotatable bonds is 2. The maximum Gasteiger partial charge on any atom is 0.256 e. The number of nitrogens with zero attached hydrogens (tertiary/aromatic N) is 3. The number of hydrogen-bond acceptors (Lipinski definition) is 2. The molecule has 1 aliphatic carbocycles. The van der Waals surface area contributed by atoms with E-state index >= 15 is 0 Å². The summed E-state index contributed by atoms with van der Waals surface area (Å²) in [5, 5.41) is 4.20. The highest BCUT2D eigenvalue weighted by atomic mass is 16.2. The molecule has 3 heterocycles. The lowest BCUT2D eigenvalue weighted by Gasteiger charge is -2.51. The van der Waals surface area contributed by atoms with Gasteiger partial charge in [-0.3, -0.25) is 9.48 Å². The molecule has 0 spiro atoms. The summed E-state index contributed by atoms with van der Waals surface area (Å²) < 4.78 is 1.76. The zero-order chi connectivity index (χ0) is 14.4. The van der Waals surface area contributed by atoms with E-state index in [1.807, 2.05) is 25.6 Å². The summed E-state index contributed by atoms with van der Waals surface area (Å²) in [6.45, 7) is 0.932. The zero-order valence-electron chi connectivity index (χ0n) is 12.2. The Labute approximate surface area is 123 Å². The summed E-state index contributed by atoms with van der Waals surface area (Å²) in [6.07, 6.45) is 12.5. The summed E-state index contributed by atoms with van der Waals surface area (Å²) >= 11 is 0. The fourth-order valence-electron chi connectivity index (χ4n) is 3.79. The fourth-order valence-corrected chi connectivity index (χ4v) is 3.79. The first kappa shape index (κ1) is 12.7. The molecule has 0 unspecified atom stereocenters. The second kappa shape index (κ2) is 4.76. The number of nitrogens with one attached hydrogen (secondary N) is 1. The molecule has 0 radical (unpaired) electrons. The van der Waals surface area contributed by atoms with Gasteiger partial charge >= 0.3 is 0 Å². The molecule has 5 nitrogen and oxygen atoms in total. The van der Waals surface area contributed by atoms with Gasteiger partial charge in [-0.1, -0.05) is 12.8 Å². The fraction of sp³-hybridized carbons (Fsp3) is 0.500. The average Bonchev–Trinajstić information content (AvgIpc) is 3.08. The second-order valence-corrected chi connectivity index (χ2v) is 6.25. The van der Waals surface area contributed by atoms with Crippen LogP contribution in [0.25, 0.3) is 11.1 Å². The lowest BCUT2D eigenvalue weighted by Crippen LogP contribution is -2.59. The van der Waals surface area contributed by atoms with Gasteiger partial charge in [-0.2, -0.15) is 5.10 Å². The van der Waals surface area contributed by atoms with Crippen LogP contribution in [0.3, 0.4) is 0 Å². The van der Waals surface area contributed by atoms with E-state index < -0.39 is 0 Å². The van der Waals surface area contributed by atoms with Gasteiger partial charge in [-0.25, -0.2) is 0 Å². The topological polar surface area (TPSA) is 53.9 Å². The molecule has 2 fully saturated rings. The van der Waals surface area contributed by atoms with Crippen LogP contribution in [0.2, 0.25) is 0 Å². The first-order chi connectivity index (χ1) is 10.2. The first-order valence-electron chi connectivity index (χ1n) is 7.71. The Morgan fingerprint density at radius 3 is 2.95 bits per heavy atom. The minimum Gasteiger partial charge on any atom is -0.366 e. The molecule has 110 valence electrons. The highest BCUT2D eigenvalue weighted by Crippen LogP contribution is 2.38. The normalized spacial score (nSPS) is 24.5. The van der Waals surface area contributed by atoms with Crippen molar-refractivity contribution in [2.75, 3.05) is 6.54 Å². The van der Waals surface area contributed by atoms with Crippen molar-refractivity contribution in [1.29, 1.82) is 0 Å².